The number of hydrogen-bond acceptors (Lipinski definition) is 4. The average Bonchev–Trinajstić information content (AvgIpc) is 2.81. The second-order valence-electron chi connectivity index (χ2n) is 11.3. The molecule has 0 spiro atoms. The van der Waals surface area contributed by atoms with Gasteiger partial charge in [0.1, 0.15) is 0 Å². The van der Waals surface area contributed by atoms with Gasteiger partial charge >= 0.3 is 0 Å². The molecular formula is C30H72O4Si2Ti. The number of rotatable bonds is 18. The van der Waals surface area contributed by atoms with Crippen LogP contribution in [0.3, 0.4) is 0 Å². The normalized spacial score (nSPS) is 11.0. The van der Waals surface area contributed by atoms with Crippen molar-refractivity contribution in [1.29, 1.82) is 0 Å². The molecular weight excluding hydrogens is 528 g/mol. The Bertz CT molecular complexity index is 315. The second-order valence-corrected chi connectivity index (χ2v) is 19.2. The third kappa shape index (κ3) is 47.2. The Morgan fingerprint density at radius 2 is 0.514 bits per heavy atom. The van der Waals surface area contributed by atoms with Crippen LogP contribution in [0.5, 0.6) is 0 Å². The Morgan fingerprint density at radius 3 is 0.595 bits per heavy atom. The zero-order chi connectivity index (χ0) is 28.9. The van der Waals surface area contributed by atoms with E-state index < -0.39 is 16.6 Å². The van der Waals surface area contributed by atoms with Crippen LogP contribution in [-0.2, 0) is 21.7 Å². The van der Waals surface area contributed by atoms with Crippen LogP contribution >= 0.6 is 0 Å². The monoisotopic (exact) mass is 600 g/mol. The van der Waals surface area contributed by atoms with E-state index in [0.29, 0.717) is 0 Å². The summed E-state index contributed by atoms with van der Waals surface area (Å²) in [6.07, 6.45) is 14.4. The fourth-order valence-electron chi connectivity index (χ4n) is 3.79. The Balaban J connectivity index is -0.000000140. The van der Waals surface area contributed by atoms with Crippen LogP contribution < -0.4 is 0 Å². The quantitative estimate of drug-likeness (QED) is 0.118. The van der Waals surface area contributed by atoms with Crippen LogP contribution in [0.2, 0.25) is 36.3 Å². The van der Waals surface area contributed by atoms with E-state index in [-0.39, 0.29) is 33.9 Å². The maximum Gasteiger partial charge on any atom is 0.188 e. The molecule has 0 aromatic carbocycles. The third-order valence-corrected chi connectivity index (χ3v) is 13.7. The number of aliphatic hydroxyl groups is 2. The zero-order valence-corrected chi connectivity index (χ0v) is 30.7. The van der Waals surface area contributed by atoms with Gasteiger partial charge in [0.25, 0.3) is 0 Å². The van der Waals surface area contributed by atoms with Crippen LogP contribution in [0.25, 0.3) is 0 Å². The van der Waals surface area contributed by atoms with E-state index in [4.69, 9.17) is 10.2 Å². The summed E-state index contributed by atoms with van der Waals surface area (Å²) in [5, 5.41) is 16.1. The first-order valence-corrected chi connectivity index (χ1v) is 20.8. The van der Waals surface area contributed by atoms with Gasteiger partial charge in [0.05, 0.1) is 0 Å². The summed E-state index contributed by atoms with van der Waals surface area (Å²) < 4.78 is 0. The van der Waals surface area contributed by atoms with Crippen molar-refractivity contribution >= 4 is 16.6 Å². The summed E-state index contributed by atoms with van der Waals surface area (Å²) >= 11 is 0. The molecule has 0 heterocycles. The fourth-order valence-corrected chi connectivity index (χ4v) is 11.4. The topological polar surface area (TPSA) is 80.9 Å². The van der Waals surface area contributed by atoms with Gasteiger partial charge in [-0.1, -0.05) is 119 Å². The molecule has 0 bridgehead atoms. The van der Waals surface area contributed by atoms with E-state index in [1.54, 1.807) is 27.7 Å². The Morgan fingerprint density at radius 1 is 0.405 bits per heavy atom. The van der Waals surface area contributed by atoms with Gasteiger partial charge in [0.15, 0.2) is 16.6 Å². The van der Waals surface area contributed by atoms with Crippen LogP contribution in [0, 0.1) is 0 Å². The molecule has 0 rings (SSSR count). The first-order valence-electron chi connectivity index (χ1n) is 15.6. The average molecular weight is 601 g/mol. The minimum absolute atomic E-state index is 0. The molecule has 0 aromatic rings. The zero-order valence-electron chi connectivity index (χ0n) is 27.2. The Hall–Kier alpha value is 0.988. The van der Waals surface area contributed by atoms with Gasteiger partial charge in [-0.05, 0) is 64.0 Å². The smallest absolute Gasteiger partial charge is 0.188 e. The van der Waals surface area contributed by atoms with E-state index in [2.05, 4.69) is 41.5 Å². The summed E-state index contributed by atoms with van der Waals surface area (Å²) in [5.41, 5.74) is 0. The van der Waals surface area contributed by atoms with E-state index in [9.17, 15) is 9.59 Å². The molecule has 0 amide bonds. The Kier molecular flexibility index (Phi) is 45.2. The predicted molar refractivity (Wildman–Crippen MR) is 169 cm³/mol. The fraction of sp³-hybridized carbons (Fsp3) is 1.00. The van der Waals surface area contributed by atoms with Crippen LogP contribution in [0.4, 0.5) is 0 Å². The number of hydrogen-bond donors (Lipinski definition) is 4. The second kappa shape index (κ2) is 35.0. The molecule has 228 valence electrons. The van der Waals surface area contributed by atoms with Gasteiger partial charge in [0, 0.05) is 33.9 Å². The van der Waals surface area contributed by atoms with E-state index in [0.717, 1.165) is 36.3 Å². The molecule has 4 nitrogen and oxygen atoms in total. The molecule has 0 saturated carbocycles. The standard InChI is InChI=1S/2C12H28OSi.2C3H8O.Ti/c2*1-4-7-10-14(13,11-8-5-2)12-9-6-3;2*1-3(2)4;/h2*13H,4-12H2,1-3H3;2*3-4H,1-2H3;. The molecule has 0 fully saturated rings. The van der Waals surface area contributed by atoms with Gasteiger partial charge in [-0.15, -0.1) is 0 Å². The Labute approximate surface area is 252 Å². The summed E-state index contributed by atoms with van der Waals surface area (Å²) in [5.74, 6) is 0. The first-order chi connectivity index (χ1) is 16.8. The molecule has 0 aliphatic heterocycles. The van der Waals surface area contributed by atoms with Crippen molar-refractivity contribution in [2.45, 2.75) is 195 Å². The maximum atomic E-state index is 10.5. The maximum absolute atomic E-state index is 10.5. The number of aliphatic hydroxyl groups excluding tert-OH is 2. The molecule has 0 radical (unpaired) electrons. The van der Waals surface area contributed by atoms with Gasteiger partial charge in [0.2, 0.25) is 0 Å². The molecule has 0 aliphatic carbocycles. The molecule has 0 aliphatic rings. The summed E-state index contributed by atoms with van der Waals surface area (Å²) in [6, 6.07) is 6.85. The molecule has 0 unspecified atom stereocenters. The summed E-state index contributed by atoms with van der Waals surface area (Å²) in [7, 11) is -3.62. The minimum Gasteiger partial charge on any atom is -0.432 e. The van der Waals surface area contributed by atoms with Gasteiger partial charge < -0.3 is 19.8 Å². The van der Waals surface area contributed by atoms with Crippen molar-refractivity contribution in [3.8, 4) is 0 Å². The van der Waals surface area contributed by atoms with Crippen molar-refractivity contribution in [2.75, 3.05) is 0 Å². The summed E-state index contributed by atoms with van der Waals surface area (Å²) in [4.78, 5) is 21.1. The van der Waals surface area contributed by atoms with Gasteiger partial charge in [-0.2, -0.15) is 0 Å². The molecule has 0 saturated heterocycles. The van der Waals surface area contributed by atoms with Crippen LogP contribution in [0.1, 0.15) is 146 Å². The third-order valence-electron chi connectivity index (χ3n) is 5.97. The van der Waals surface area contributed by atoms with Crippen molar-refractivity contribution in [3.05, 3.63) is 0 Å². The number of unbranched alkanes of at least 4 members (excludes halogenated alkanes) is 6. The molecule has 7 heteroatoms. The molecule has 37 heavy (non-hydrogen) atoms. The molecule has 0 atom stereocenters. The molecule has 0 aromatic heterocycles. The van der Waals surface area contributed by atoms with Crippen LogP contribution in [-0.4, -0.2) is 48.6 Å². The van der Waals surface area contributed by atoms with Crippen molar-refractivity contribution < 1.29 is 41.5 Å². The van der Waals surface area contributed by atoms with Crippen LogP contribution in [0.15, 0.2) is 0 Å². The van der Waals surface area contributed by atoms with E-state index in [1.165, 1.54) is 77.0 Å². The largest absolute Gasteiger partial charge is 0.432 e. The first kappa shape index (κ1) is 47.8. The van der Waals surface area contributed by atoms with Crippen molar-refractivity contribution in [3.63, 3.8) is 0 Å². The minimum atomic E-state index is -1.81. The SMILES string of the molecule is CC(C)O.CC(C)O.CCCC[Si](O)(CCCC)CCCC.CCCC[Si](O)(CCCC)CCCC.[Ti]. The molecule has 4 N–H and O–H groups in total. The van der Waals surface area contributed by atoms with Gasteiger partial charge in [-0.25, -0.2) is 0 Å². The van der Waals surface area contributed by atoms with Crippen molar-refractivity contribution in [2.24, 2.45) is 0 Å². The van der Waals surface area contributed by atoms with Gasteiger partial charge in [-0.3, -0.25) is 0 Å². The van der Waals surface area contributed by atoms with Crippen molar-refractivity contribution in [1.82, 2.24) is 0 Å². The predicted octanol–water partition coefficient (Wildman–Crippen LogP) is 9.42. The van der Waals surface area contributed by atoms with E-state index in [1.807, 2.05) is 0 Å². The van der Waals surface area contributed by atoms with E-state index >= 15 is 0 Å². The summed E-state index contributed by atoms with van der Waals surface area (Å²) in [6.45, 7) is 20.2.